The fourth-order valence-corrected chi connectivity index (χ4v) is 3.66. The van der Waals surface area contributed by atoms with E-state index >= 15 is 0 Å². The molecule has 1 aliphatic rings. The molecule has 1 saturated carbocycles. The van der Waals surface area contributed by atoms with Gasteiger partial charge in [0, 0.05) is 24.8 Å². The Morgan fingerprint density at radius 2 is 2.18 bits per heavy atom. The first kappa shape index (κ1) is 19.9. The Balaban J connectivity index is 0.000000450. The average Bonchev–Trinajstić information content (AvgIpc) is 3.47. The lowest BCUT2D eigenvalue weighted by atomic mass is 9.96. The van der Waals surface area contributed by atoms with Gasteiger partial charge in [-0.05, 0) is 24.8 Å². The normalized spacial score (nSPS) is 15.0. The molecule has 2 N–H and O–H groups in total. The largest absolute Gasteiger partial charge is 0.496 e. The Labute approximate surface area is 162 Å². The quantitative estimate of drug-likeness (QED) is 0.364. The van der Waals surface area contributed by atoms with Gasteiger partial charge in [-0.2, -0.15) is 10.4 Å². The average molecular weight is 404 g/mol. The van der Waals surface area contributed by atoms with Gasteiger partial charge in [0.25, 0.3) is 0 Å². The van der Waals surface area contributed by atoms with Gasteiger partial charge in [-0.1, -0.05) is 12.8 Å². The third-order valence-electron chi connectivity index (χ3n) is 4.88. The van der Waals surface area contributed by atoms with Gasteiger partial charge < -0.3 is 4.98 Å². The Kier molecular flexibility index (Phi) is 6.66. The van der Waals surface area contributed by atoms with Crippen molar-refractivity contribution in [1.82, 2.24) is 24.7 Å². The van der Waals surface area contributed by atoms with Gasteiger partial charge in [0.15, 0.2) is 0 Å². The molecule has 0 radical (unpaired) electrons. The van der Waals surface area contributed by atoms with Crippen LogP contribution in [0.3, 0.4) is 0 Å². The number of nitriles is 1. The van der Waals surface area contributed by atoms with Crippen LogP contribution in [0, 0.1) is 17.2 Å². The molecule has 148 valence electrons. The van der Waals surface area contributed by atoms with E-state index in [-0.39, 0.29) is 7.47 Å². The van der Waals surface area contributed by atoms with E-state index in [9.17, 15) is 5.26 Å². The molecule has 1 atom stereocenters. The van der Waals surface area contributed by atoms with Gasteiger partial charge in [0.1, 0.15) is 12.0 Å². The summed E-state index contributed by atoms with van der Waals surface area (Å²) in [6.45, 7) is 0. The third-order valence-corrected chi connectivity index (χ3v) is 5.01. The third kappa shape index (κ3) is 4.51. The summed E-state index contributed by atoms with van der Waals surface area (Å²) in [6.07, 6.45) is 12.7. The van der Waals surface area contributed by atoms with Gasteiger partial charge in [-0.25, -0.2) is 24.4 Å². The maximum Gasteiger partial charge on any atom is 0.496 e. The summed E-state index contributed by atoms with van der Waals surface area (Å²) in [4.78, 5) is 11.7. The Morgan fingerprint density at radius 3 is 2.86 bits per heavy atom. The number of nitrogens with zero attached hydrogens (tertiary/aromatic N) is 5. The van der Waals surface area contributed by atoms with Gasteiger partial charge in [0.05, 0.1) is 30.4 Å². The summed E-state index contributed by atoms with van der Waals surface area (Å²) >= 11 is 0. The van der Waals surface area contributed by atoms with Crippen LogP contribution in [0.4, 0.5) is 0 Å². The zero-order chi connectivity index (χ0) is 19.9. The fourth-order valence-electron chi connectivity index (χ4n) is 3.66. The minimum absolute atomic E-state index is 0. The van der Waals surface area contributed by atoms with Crippen LogP contribution in [0.1, 0.15) is 39.6 Å². The van der Waals surface area contributed by atoms with Crippen LogP contribution in [0.5, 0.6) is 0 Å². The van der Waals surface area contributed by atoms with Crippen molar-refractivity contribution in [2.75, 3.05) is 0 Å². The topological polar surface area (TPSA) is 147 Å². The van der Waals surface area contributed by atoms with Crippen molar-refractivity contribution in [2.45, 2.75) is 38.1 Å². The Hall–Kier alpha value is -2.86. The van der Waals surface area contributed by atoms with Crippen molar-refractivity contribution in [3.05, 3.63) is 31.0 Å². The lowest BCUT2D eigenvalue weighted by molar-refractivity contribution is -0.132. The van der Waals surface area contributed by atoms with Crippen molar-refractivity contribution in [2.24, 2.45) is 5.92 Å². The molecule has 1 fully saturated rings. The van der Waals surface area contributed by atoms with E-state index in [0.717, 1.165) is 22.3 Å². The van der Waals surface area contributed by atoms with E-state index in [2.05, 4.69) is 30.8 Å². The van der Waals surface area contributed by atoms with E-state index in [0.29, 0.717) is 12.3 Å². The summed E-state index contributed by atoms with van der Waals surface area (Å²) in [5.41, 5.74) is 2.68. The van der Waals surface area contributed by atoms with Crippen molar-refractivity contribution >= 4 is 18.9 Å². The predicted octanol–water partition coefficient (Wildman–Crippen LogP) is 4.28. The molecule has 3 aromatic rings. The molecule has 11 heteroatoms. The number of nitrogens with one attached hydrogen (secondary N) is 1. The lowest BCUT2D eigenvalue weighted by Crippen LogP contribution is -2.17. The first-order valence-electron chi connectivity index (χ1n) is 8.79. The molecule has 0 aromatic carbocycles. The summed E-state index contributed by atoms with van der Waals surface area (Å²) < 4.78 is 22.5. The van der Waals surface area contributed by atoms with Crippen molar-refractivity contribution in [3.63, 3.8) is 0 Å². The van der Waals surface area contributed by atoms with Crippen molar-refractivity contribution < 1.29 is 20.5 Å². The first-order chi connectivity index (χ1) is 13.6. The first-order valence-corrected chi connectivity index (χ1v) is 9.89. The highest BCUT2D eigenvalue weighted by molar-refractivity contribution is 7.24. The summed E-state index contributed by atoms with van der Waals surface area (Å²) in [5, 5.41) is 21.8. The Morgan fingerprint density at radius 1 is 1.43 bits per heavy atom. The summed E-state index contributed by atoms with van der Waals surface area (Å²) in [7, 11) is -3.04. The van der Waals surface area contributed by atoms with Crippen LogP contribution in [-0.4, -0.2) is 30.0 Å². The molecule has 0 aliphatic heterocycles. The summed E-state index contributed by atoms with van der Waals surface area (Å²) in [6, 6.07) is 4.47. The van der Waals surface area contributed by atoms with Crippen LogP contribution in [0.25, 0.3) is 22.3 Å². The molecule has 10 nitrogen and oxygen atoms in total. The number of aromatic amines is 1. The van der Waals surface area contributed by atoms with Gasteiger partial charge in [-0.15, -0.1) is 4.67 Å². The maximum atomic E-state index is 9.18. The molecule has 0 saturated heterocycles. The zero-order valence-electron chi connectivity index (χ0n) is 14.9. The van der Waals surface area contributed by atoms with Crippen LogP contribution in [-0.2, 0) is 13.8 Å². The molecule has 0 bridgehead atoms. The van der Waals surface area contributed by atoms with E-state index in [4.69, 9.17) is 14.4 Å². The number of hydrogen-bond acceptors (Lipinski definition) is 8. The lowest BCUT2D eigenvalue weighted by Gasteiger charge is -2.21. The number of H-pyrrole nitrogens is 1. The van der Waals surface area contributed by atoms with Crippen molar-refractivity contribution in [1.29, 1.82) is 5.26 Å². The monoisotopic (exact) mass is 404 g/mol. The van der Waals surface area contributed by atoms with Crippen LogP contribution in [0.2, 0.25) is 0 Å². The number of aromatic nitrogens is 5. The molecule has 0 spiro atoms. The molecule has 3 heterocycles. The highest BCUT2D eigenvalue weighted by Gasteiger charge is 2.27. The number of rotatable bonds is 5. The second-order valence-electron chi connectivity index (χ2n) is 6.45. The highest BCUT2D eigenvalue weighted by Crippen LogP contribution is 2.36. The van der Waals surface area contributed by atoms with E-state index in [1.165, 1.54) is 25.7 Å². The van der Waals surface area contributed by atoms with Gasteiger partial charge >= 0.3 is 7.91 Å². The SMILES string of the molecule is N#CC[C@H](C1CCCC1)n1cc(-c2ncnc3[nH]ccc23)cn1.O=P(=O)OO.[HH]. The molecule has 28 heavy (non-hydrogen) atoms. The standard InChI is InChI=1S/C17H18N6.HO4P.H2/c18-7-5-15(12-3-1-2-4-12)23-10-13(9-22-23)16-14-6-8-19-17(14)21-11-20-16;1-4-5(2)3;/h6,8-12,15H,1-5H2,(H,19,20,21);1H;1H/t15-;;/m1../s1. The predicted molar refractivity (Wildman–Crippen MR) is 100 cm³/mol. The van der Waals surface area contributed by atoms with Crippen LogP contribution in [0.15, 0.2) is 31.0 Å². The Bertz CT molecular complexity index is 1030. The molecule has 0 unspecified atom stereocenters. The van der Waals surface area contributed by atoms with Crippen LogP contribution < -0.4 is 0 Å². The van der Waals surface area contributed by atoms with E-state index in [1.807, 2.05) is 29.3 Å². The van der Waals surface area contributed by atoms with Crippen LogP contribution >= 0.6 is 7.91 Å². The smallest absolute Gasteiger partial charge is 0.346 e. The zero-order valence-corrected chi connectivity index (χ0v) is 15.8. The van der Waals surface area contributed by atoms with Gasteiger partial charge in [-0.3, -0.25) is 4.68 Å². The molecular formula is C17H21N6O4P. The minimum Gasteiger partial charge on any atom is -0.346 e. The van der Waals surface area contributed by atoms with Gasteiger partial charge in [0.2, 0.25) is 0 Å². The second kappa shape index (κ2) is 9.37. The molecule has 0 amide bonds. The molecule has 4 rings (SSSR count). The molecular weight excluding hydrogens is 383 g/mol. The number of fused-ring (bicyclic) bond motifs is 1. The van der Waals surface area contributed by atoms with E-state index in [1.54, 1.807) is 6.33 Å². The summed E-state index contributed by atoms with van der Waals surface area (Å²) in [5.74, 6) is 0.556. The molecule has 3 aromatic heterocycles. The highest BCUT2D eigenvalue weighted by atomic mass is 31.1. The van der Waals surface area contributed by atoms with Crippen molar-refractivity contribution in [3.8, 4) is 17.3 Å². The minimum atomic E-state index is -3.04. The molecule has 1 aliphatic carbocycles. The number of hydrogen-bond donors (Lipinski definition) is 2. The maximum absolute atomic E-state index is 9.18. The fraction of sp³-hybridized carbons (Fsp3) is 0.412. The van der Waals surface area contributed by atoms with E-state index < -0.39 is 7.91 Å². The second-order valence-corrected chi connectivity index (χ2v) is 7.06.